The topological polar surface area (TPSA) is 87.6 Å². The van der Waals surface area contributed by atoms with E-state index in [0.717, 1.165) is 37.7 Å². The summed E-state index contributed by atoms with van der Waals surface area (Å²) in [4.78, 5) is 11.3. The van der Waals surface area contributed by atoms with Crippen LogP contribution in [0.15, 0.2) is 18.2 Å². The van der Waals surface area contributed by atoms with Crippen LogP contribution in [0.3, 0.4) is 0 Å². The predicted molar refractivity (Wildman–Crippen MR) is 79.7 cm³/mol. The van der Waals surface area contributed by atoms with Crippen LogP contribution in [0.25, 0.3) is 0 Å². The van der Waals surface area contributed by atoms with Crippen LogP contribution in [0.5, 0.6) is 0 Å². The lowest BCUT2D eigenvalue weighted by atomic mass is 9.81. The summed E-state index contributed by atoms with van der Waals surface area (Å²) in [5, 5.41) is 0. The molecule has 2 aliphatic rings. The van der Waals surface area contributed by atoms with E-state index in [0.29, 0.717) is 30.4 Å². The van der Waals surface area contributed by atoms with Crippen molar-refractivity contribution < 1.29 is 14.3 Å². The minimum absolute atomic E-state index is 0.310. The van der Waals surface area contributed by atoms with Gasteiger partial charge >= 0.3 is 0 Å². The van der Waals surface area contributed by atoms with Crippen LogP contribution >= 0.6 is 0 Å². The Balaban J connectivity index is 1.63. The fraction of sp³-hybridized carbons (Fsp3) is 0.562. The number of hydrogen-bond donors (Lipinski definition) is 2. The van der Waals surface area contributed by atoms with Gasteiger partial charge in [-0.05, 0) is 42.9 Å². The van der Waals surface area contributed by atoms with Gasteiger partial charge in [0.05, 0.1) is 18.8 Å². The first kappa shape index (κ1) is 14.4. The van der Waals surface area contributed by atoms with Crippen molar-refractivity contribution >= 4 is 11.6 Å². The van der Waals surface area contributed by atoms with Gasteiger partial charge in [0.2, 0.25) is 0 Å². The summed E-state index contributed by atoms with van der Waals surface area (Å²) in [6, 6.07) is 5.57. The quantitative estimate of drug-likeness (QED) is 0.831. The summed E-state index contributed by atoms with van der Waals surface area (Å²) in [7, 11) is 0. The van der Waals surface area contributed by atoms with Crippen LogP contribution in [-0.4, -0.2) is 24.9 Å². The summed E-state index contributed by atoms with van der Waals surface area (Å²) in [6.07, 6.45) is 5.01. The molecule has 1 amide bonds. The molecule has 0 bridgehead atoms. The van der Waals surface area contributed by atoms with Crippen LogP contribution in [0.1, 0.15) is 41.6 Å². The number of anilines is 1. The first-order valence-corrected chi connectivity index (χ1v) is 7.54. The monoisotopic (exact) mass is 290 g/mol. The molecule has 1 aliphatic carbocycles. The number of amides is 1. The van der Waals surface area contributed by atoms with E-state index in [1.165, 1.54) is 0 Å². The van der Waals surface area contributed by atoms with Gasteiger partial charge in [-0.1, -0.05) is 6.07 Å². The maximum Gasteiger partial charge on any atom is 0.250 e. The van der Waals surface area contributed by atoms with Crippen LogP contribution in [-0.2, 0) is 15.9 Å². The number of benzene rings is 1. The lowest BCUT2D eigenvalue weighted by Crippen LogP contribution is -2.35. The predicted octanol–water partition coefficient (Wildman–Crippen LogP) is 1.84. The molecular formula is C16H22N2O3. The van der Waals surface area contributed by atoms with E-state index < -0.39 is 5.91 Å². The molecule has 4 N–H and O–H groups in total. The van der Waals surface area contributed by atoms with Crippen molar-refractivity contribution in [1.82, 2.24) is 0 Å². The van der Waals surface area contributed by atoms with Crippen LogP contribution in [0.4, 0.5) is 5.69 Å². The Morgan fingerprint density at radius 3 is 2.52 bits per heavy atom. The highest BCUT2D eigenvalue weighted by atomic mass is 16.7. The summed E-state index contributed by atoms with van der Waals surface area (Å²) in [5.74, 6) is -0.187. The molecule has 0 unspecified atom stereocenters. The Morgan fingerprint density at radius 2 is 1.90 bits per heavy atom. The molecular weight excluding hydrogens is 268 g/mol. The van der Waals surface area contributed by atoms with Crippen molar-refractivity contribution in [1.29, 1.82) is 0 Å². The minimum Gasteiger partial charge on any atom is -0.398 e. The number of hydrogen-bond acceptors (Lipinski definition) is 4. The molecule has 1 aromatic carbocycles. The largest absolute Gasteiger partial charge is 0.398 e. The van der Waals surface area contributed by atoms with Crippen molar-refractivity contribution in [2.75, 3.05) is 18.9 Å². The van der Waals surface area contributed by atoms with Gasteiger partial charge in [-0.15, -0.1) is 0 Å². The summed E-state index contributed by atoms with van der Waals surface area (Å²) < 4.78 is 11.5. The van der Waals surface area contributed by atoms with Gasteiger partial charge < -0.3 is 20.9 Å². The van der Waals surface area contributed by atoms with Gasteiger partial charge in [-0.2, -0.15) is 0 Å². The molecule has 2 fully saturated rings. The van der Waals surface area contributed by atoms with Crippen molar-refractivity contribution in [3.63, 3.8) is 0 Å². The smallest absolute Gasteiger partial charge is 0.250 e. The van der Waals surface area contributed by atoms with E-state index in [1.54, 1.807) is 6.07 Å². The lowest BCUT2D eigenvalue weighted by Gasteiger charge is -2.35. The molecule has 1 saturated heterocycles. The molecule has 5 nitrogen and oxygen atoms in total. The number of rotatable bonds is 3. The number of carbonyl (C=O) groups excluding carboxylic acids is 1. The average molecular weight is 290 g/mol. The highest BCUT2D eigenvalue weighted by Gasteiger charge is 2.40. The van der Waals surface area contributed by atoms with Crippen molar-refractivity contribution in [3.05, 3.63) is 29.3 Å². The SMILES string of the molecule is NC(=O)c1cc(CC2CCC3(CC2)OCCO3)ccc1N. The van der Waals surface area contributed by atoms with E-state index in [9.17, 15) is 4.79 Å². The third-order valence-corrected chi connectivity index (χ3v) is 4.59. The second-order valence-electron chi connectivity index (χ2n) is 6.04. The fourth-order valence-electron chi connectivity index (χ4n) is 3.38. The highest BCUT2D eigenvalue weighted by Crippen LogP contribution is 2.39. The van der Waals surface area contributed by atoms with Crippen LogP contribution in [0.2, 0.25) is 0 Å². The average Bonchev–Trinajstić information content (AvgIpc) is 2.92. The standard InChI is InChI=1S/C16H22N2O3/c17-14-2-1-12(10-13(14)15(18)19)9-11-3-5-16(6-4-11)20-7-8-21-16/h1-2,10-11H,3-9,17H2,(H2,18,19). The molecule has 0 atom stereocenters. The summed E-state index contributed by atoms with van der Waals surface area (Å²) in [6.45, 7) is 1.43. The minimum atomic E-state index is -0.468. The summed E-state index contributed by atoms with van der Waals surface area (Å²) in [5.41, 5.74) is 13.1. The molecule has 114 valence electrons. The molecule has 3 rings (SSSR count). The number of nitrogens with two attached hydrogens (primary N) is 2. The van der Waals surface area contributed by atoms with Gasteiger partial charge in [0.1, 0.15) is 0 Å². The molecule has 1 aliphatic heterocycles. The van der Waals surface area contributed by atoms with Crippen LogP contribution < -0.4 is 11.5 Å². The molecule has 1 aromatic rings. The van der Waals surface area contributed by atoms with Gasteiger partial charge in [-0.25, -0.2) is 0 Å². The Hall–Kier alpha value is -1.59. The first-order chi connectivity index (χ1) is 10.1. The highest BCUT2D eigenvalue weighted by molar-refractivity contribution is 5.98. The zero-order chi connectivity index (χ0) is 14.9. The number of ether oxygens (including phenoxy) is 2. The van der Waals surface area contributed by atoms with E-state index in [2.05, 4.69) is 0 Å². The third kappa shape index (κ3) is 3.04. The van der Waals surface area contributed by atoms with Gasteiger partial charge in [0, 0.05) is 18.5 Å². The Morgan fingerprint density at radius 1 is 1.24 bits per heavy atom. The normalized spacial score (nSPS) is 21.7. The van der Waals surface area contributed by atoms with E-state index >= 15 is 0 Å². The second kappa shape index (κ2) is 5.66. The number of nitrogen functional groups attached to an aromatic ring is 1. The van der Waals surface area contributed by atoms with Gasteiger partial charge in [0.25, 0.3) is 5.91 Å². The molecule has 0 radical (unpaired) electrons. The molecule has 1 saturated carbocycles. The first-order valence-electron chi connectivity index (χ1n) is 7.54. The van der Waals surface area contributed by atoms with Gasteiger partial charge in [-0.3, -0.25) is 4.79 Å². The van der Waals surface area contributed by atoms with Crippen molar-refractivity contribution in [3.8, 4) is 0 Å². The Bertz CT molecular complexity index is 528. The maximum atomic E-state index is 11.3. The van der Waals surface area contributed by atoms with E-state index in [1.807, 2.05) is 12.1 Å². The molecule has 0 aromatic heterocycles. The molecule has 5 heteroatoms. The maximum absolute atomic E-state index is 11.3. The molecule has 1 heterocycles. The van der Waals surface area contributed by atoms with Gasteiger partial charge in [0.15, 0.2) is 5.79 Å². The Labute approximate surface area is 124 Å². The molecule has 21 heavy (non-hydrogen) atoms. The Kier molecular flexibility index (Phi) is 3.87. The van der Waals surface area contributed by atoms with Crippen molar-refractivity contribution in [2.24, 2.45) is 11.7 Å². The number of primary amides is 1. The van der Waals surface area contributed by atoms with Crippen LogP contribution in [0, 0.1) is 5.92 Å². The zero-order valence-corrected chi connectivity index (χ0v) is 12.1. The second-order valence-corrected chi connectivity index (χ2v) is 6.04. The molecule has 1 spiro atoms. The third-order valence-electron chi connectivity index (χ3n) is 4.59. The number of carbonyl (C=O) groups is 1. The van der Waals surface area contributed by atoms with Crippen molar-refractivity contribution in [2.45, 2.75) is 37.9 Å². The summed E-state index contributed by atoms with van der Waals surface area (Å²) >= 11 is 0. The zero-order valence-electron chi connectivity index (χ0n) is 12.1. The fourth-order valence-corrected chi connectivity index (χ4v) is 3.38. The van der Waals surface area contributed by atoms with E-state index in [-0.39, 0.29) is 5.79 Å². The lowest BCUT2D eigenvalue weighted by molar-refractivity contribution is -0.182. The van der Waals surface area contributed by atoms with E-state index in [4.69, 9.17) is 20.9 Å².